The second kappa shape index (κ2) is 9.72. The van der Waals surface area contributed by atoms with Gasteiger partial charge in [-0.3, -0.25) is 14.5 Å². The summed E-state index contributed by atoms with van der Waals surface area (Å²) < 4.78 is 11.1. The van der Waals surface area contributed by atoms with Crippen LogP contribution in [0.4, 0.5) is 11.4 Å². The third-order valence-corrected chi connectivity index (χ3v) is 6.82. The van der Waals surface area contributed by atoms with Gasteiger partial charge in [0.1, 0.15) is 5.76 Å². The summed E-state index contributed by atoms with van der Waals surface area (Å²) in [5.41, 5.74) is 3.52. The molecule has 6 nitrogen and oxygen atoms in total. The Hall–Kier alpha value is -3.74. The second-order valence-corrected chi connectivity index (χ2v) is 9.12. The van der Waals surface area contributed by atoms with Gasteiger partial charge in [0.05, 0.1) is 29.9 Å². The van der Waals surface area contributed by atoms with Gasteiger partial charge in [-0.15, -0.1) is 0 Å². The van der Waals surface area contributed by atoms with Crippen molar-refractivity contribution in [3.05, 3.63) is 119 Å². The van der Waals surface area contributed by atoms with Gasteiger partial charge in [0.25, 0.3) is 5.91 Å². The highest BCUT2D eigenvalue weighted by Crippen LogP contribution is 2.48. The Balaban J connectivity index is 0.00000267. The van der Waals surface area contributed by atoms with Crippen molar-refractivity contribution in [1.29, 1.82) is 0 Å². The fourth-order valence-electron chi connectivity index (χ4n) is 5.02. The smallest absolute Gasteiger partial charge is 0.294 e. The summed E-state index contributed by atoms with van der Waals surface area (Å²) in [6.45, 7) is 0. The van der Waals surface area contributed by atoms with E-state index >= 15 is 0 Å². The SMILES string of the molecule is O=C1CC(c2ccco2)CC2=C1C(c1ccc(Cl)cc1)N(C(=O)c1ccco1)c1ccccc1N2.[Cl-]. The first kappa shape index (κ1) is 24.0. The van der Waals surface area contributed by atoms with E-state index in [9.17, 15) is 9.59 Å². The molecular formula is C28H21Cl2N2O4-. The lowest BCUT2D eigenvalue weighted by atomic mass is 9.80. The number of allylic oxidation sites excluding steroid dienone is 1. The predicted molar refractivity (Wildman–Crippen MR) is 132 cm³/mol. The van der Waals surface area contributed by atoms with Gasteiger partial charge in [-0.05, 0) is 60.5 Å². The third kappa shape index (κ3) is 4.12. The van der Waals surface area contributed by atoms with Crippen LogP contribution < -0.4 is 22.6 Å². The van der Waals surface area contributed by atoms with Crippen LogP contribution in [0, 0.1) is 0 Å². The molecule has 1 amide bonds. The molecular weight excluding hydrogens is 499 g/mol. The second-order valence-electron chi connectivity index (χ2n) is 8.68. The number of carbonyl (C=O) groups excluding carboxylic acids is 2. The van der Waals surface area contributed by atoms with E-state index in [4.69, 9.17) is 20.4 Å². The molecule has 0 bridgehead atoms. The maximum Gasteiger partial charge on any atom is 0.294 e. The standard InChI is InChI=1S/C28H21ClN2O4.ClH/c29-19-11-9-17(10-12-19)27-26-21(15-18(16-23(26)32)24-7-3-13-34-24)30-20-5-1-2-6-22(20)31(27)28(33)25-8-4-14-35-25;/h1-14,18,27,30H,15-16H2;1H/p-1. The van der Waals surface area contributed by atoms with Crippen LogP contribution in [0.15, 0.2) is 105 Å². The molecule has 1 aliphatic heterocycles. The summed E-state index contributed by atoms with van der Waals surface area (Å²) in [7, 11) is 0. The van der Waals surface area contributed by atoms with Crippen molar-refractivity contribution in [1.82, 2.24) is 0 Å². The van der Waals surface area contributed by atoms with Crippen LogP contribution in [-0.2, 0) is 4.79 Å². The first-order valence-corrected chi connectivity index (χ1v) is 11.8. The molecule has 6 rings (SSSR count). The molecule has 0 spiro atoms. The number of rotatable bonds is 3. The lowest BCUT2D eigenvalue weighted by Gasteiger charge is -2.34. The number of hydrogen-bond donors (Lipinski definition) is 1. The van der Waals surface area contributed by atoms with Crippen LogP contribution >= 0.6 is 11.6 Å². The molecule has 2 aromatic heterocycles. The Labute approximate surface area is 218 Å². The molecule has 2 unspecified atom stereocenters. The Bertz CT molecular complexity index is 1430. The van der Waals surface area contributed by atoms with Crippen molar-refractivity contribution >= 4 is 34.7 Å². The van der Waals surface area contributed by atoms with Gasteiger partial charge in [0, 0.05) is 28.6 Å². The number of Topliss-reactive ketones (excluding diaryl/α,β-unsaturated/α-hetero) is 1. The van der Waals surface area contributed by atoms with Crippen molar-refractivity contribution < 1.29 is 30.8 Å². The van der Waals surface area contributed by atoms with Gasteiger partial charge in [0.2, 0.25) is 0 Å². The Morgan fingerprint density at radius 1 is 0.917 bits per heavy atom. The molecule has 0 radical (unpaired) electrons. The average Bonchev–Trinajstić information content (AvgIpc) is 3.57. The fourth-order valence-corrected chi connectivity index (χ4v) is 5.14. The molecule has 4 aromatic rings. The number of hydrogen-bond acceptors (Lipinski definition) is 5. The molecule has 1 N–H and O–H groups in total. The molecule has 1 aliphatic carbocycles. The number of carbonyl (C=O) groups is 2. The van der Waals surface area contributed by atoms with Gasteiger partial charge in [-0.25, -0.2) is 0 Å². The van der Waals surface area contributed by atoms with E-state index in [2.05, 4.69) is 5.32 Å². The maximum absolute atomic E-state index is 13.9. The summed E-state index contributed by atoms with van der Waals surface area (Å²) in [5, 5.41) is 4.07. The Kier molecular flexibility index (Phi) is 6.48. The van der Waals surface area contributed by atoms with Crippen molar-refractivity contribution in [2.45, 2.75) is 24.8 Å². The van der Waals surface area contributed by atoms with E-state index < -0.39 is 6.04 Å². The van der Waals surface area contributed by atoms with E-state index in [1.807, 2.05) is 48.5 Å². The number of benzene rings is 2. The van der Waals surface area contributed by atoms with Gasteiger partial charge in [-0.2, -0.15) is 0 Å². The normalized spacial score (nSPS) is 19.0. The van der Waals surface area contributed by atoms with Crippen LogP contribution in [0.25, 0.3) is 0 Å². The summed E-state index contributed by atoms with van der Waals surface area (Å²) >= 11 is 6.19. The molecule has 182 valence electrons. The zero-order chi connectivity index (χ0) is 23.9. The number of nitrogens with zero attached hydrogens (tertiary/aromatic N) is 1. The largest absolute Gasteiger partial charge is 1.00 e. The molecule has 0 saturated heterocycles. The first-order chi connectivity index (χ1) is 17.1. The molecule has 0 fully saturated rings. The number of para-hydroxylation sites is 2. The molecule has 2 aromatic carbocycles. The van der Waals surface area contributed by atoms with E-state index in [1.54, 1.807) is 35.4 Å². The summed E-state index contributed by atoms with van der Waals surface area (Å²) in [6, 6.07) is 21.2. The minimum absolute atomic E-state index is 0. The van der Waals surface area contributed by atoms with E-state index in [1.165, 1.54) is 6.26 Å². The van der Waals surface area contributed by atoms with Crippen LogP contribution in [0.5, 0.6) is 0 Å². The minimum Gasteiger partial charge on any atom is -1.00 e. The van der Waals surface area contributed by atoms with Crippen molar-refractivity contribution in [2.75, 3.05) is 10.2 Å². The Morgan fingerprint density at radius 3 is 2.39 bits per heavy atom. The van der Waals surface area contributed by atoms with Crippen molar-refractivity contribution in [2.24, 2.45) is 0 Å². The molecule has 36 heavy (non-hydrogen) atoms. The summed E-state index contributed by atoms with van der Waals surface area (Å²) in [4.78, 5) is 29.4. The van der Waals surface area contributed by atoms with Gasteiger partial charge in [-0.1, -0.05) is 35.9 Å². The van der Waals surface area contributed by atoms with E-state index in [0.29, 0.717) is 22.7 Å². The van der Waals surface area contributed by atoms with Gasteiger partial charge < -0.3 is 26.6 Å². The monoisotopic (exact) mass is 519 g/mol. The van der Waals surface area contributed by atoms with Crippen LogP contribution in [-0.4, -0.2) is 11.7 Å². The van der Waals surface area contributed by atoms with Crippen molar-refractivity contribution in [3.63, 3.8) is 0 Å². The highest BCUT2D eigenvalue weighted by atomic mass is 35.5. The molecule has 2 atom stereocenters. The topological polar surface area (TPSA) is 75.7 Å². The minimum atomic E-state index is -0.666. The number of amides is 1. The van der Waals surface area contributed by atoms with Crippen LogP contribution in [0.2, 0.25) is 5.02 Å². The highest BCUT2D eigenvalue weighted by Gasteiger charge is 2.42. The first-order valence-electron chi connectivity index (χ1n) is 11.4. The van der Waals surface area contributed by atoms with E-state index in [-0.39, 0.29) is 42.2 Å². The molecule has 3 heterocycles. The number of furan rings is 2. The average molecular weight is 520 g/mol. The van der Waals surface area contributed by atoms with Gasteiger partial charge >= 0.3 is 0 Å². The number of halogens is 2. The predicted octanol–water partition coefficient (Wildman–Crippen LogP) is 3.74. The highest BCUT2D eigenvalue weighted by molar-refractivity contribution is 6.30. The maximum atomic E-state index is 13.9. The quantitative estimate of drug-likeness (QED) is 0.446. The molecule has 0 saturated carbocycles. The number of anilines is 2. The number of fused-ring (bicyclic) bond motifs is 1. The zero-order valence-corrected chi connectivity index (χ0v) is 20.5. The number of ketones is 1. The molecule has 8 heteroatoms. The molecule has 2 aliphatic rings. The van der Waals surface area contributed by atoms with Crippen LogP contribution in [0.3, 0.4) is 0 Å². The van der Waals surface area contributed by atoms with Crippen molar-refractivity contribution in [3.8, 4) is 0 Å². The summed E-state index contributed by atoms with van der Waals surface area (Å²) in [5.74, 6) is 0.508. The van der Waals surface area contributed by atoms with E-state index in [0.717, 1.165) is 22.7 Å². The fraction of sp³-hybridized carbons (Fsp3) is 0.143. The lowest BCUT2D eigenvalue weighted by molar-refractivity contribution is -0.116. The van der Waals surface area contributed by atoms with Gasteiger partial charge in [0.15, 0.2) is 11.5 Å². The summed E-state index contributed by atoms with van der Waals surface area (Å²) in [6.07, 6.45) is 3.96. The lowest BCUT2D eigenvalue weighted by Crippen LogP contribution is -3.00. The number of nitrogens with one attached hydrogen (secondary N) is 1. The Morgan fingerprint density at radius 2 is 1.67 bits per heavy atom. The zero-order valence-electron chi connectivity index (χ0n) is 19.0. The third-order valence-electron chi connectivity index (χ3n) is 6.57. The van der Waals surface area contributed by atoms with Crippen LogP contribution in [0.1, 0.15) is 46.7 Å².